The van der Waals surface area contributed by atoms with E-state index in [-0.39, 0.29) is 23.6 Å². The summed E-state index contributed by atoms with van der Waals surface area (Å²) in [6, 6.07) is 1.79. The number of carbonyl (C=O) groups is 2. The molecular weight excluding hydrogens is 274 g/mol. The van der Waals surface area contributed by atoms with Crippen LogP contribution in [0.2, 0.25) is 0 Å². The Labute approximate surface area is 123 Å². The second-order valence-electron chi connectivity index (χ2n) is 5.19. The lowest BCUT2D eigenvalue weighted by Gasteiger charge is -2.17. The summed E-state index contributed by atoms with van der Waals surface area (Å²) in [7, 11) is 2.68. The molecule has 21 heavy (non-hydrogen) atoms. The Bertz CT molecular complexity index is 561. The van der Waals surface area contributed by atoms with E-state index in [1.54, 1.807) is 13.0 Å². The smallest absolute Gasteiger partial charge is 0.376 e. The number of aryl methyl sites for hydroxylation is 1. The quantitative estimate of drug-likeness (QED) is 0.763. The van der Waals surface area contributed by atoms with Gasteiger partial charge in [-0.25, -0.2) is 14.8 Å². The van der Waals surface area contributed by atoms with Crippen molar-refractivity contribution in [1.29, 1.82) is 0 Å². The zero-order chi connectivity index (χ0) is 15.6. The Morgan fingerprint density at radius 2 is 1.95 bits per heavy atom. The fraction of sp³-hybridized carbons (Fsp3) is 0.571. The van der Waals surface area contributed by atoms with Gasteiger partial charge in [0.15, 0.2) is 0 Å². The van der Waals surface area contributed by atoms with Gasteiger partial charge in [-0.05, 0) is 12.8 Å². The van der Waals surface area contributed by atoms with Crippen LogP contribution in [0, 0.1) is 18.8 Å². The molecule has 2 unspecified atom stereocenters. The van der Waals surface area contributed by atoms with Crippen molar-refractivity contribution in [2.24, 2.45) is 11.8 Å². The van der Waals surface area contributed by atoms with Crippen molar-refractivity contribution in [2.75, 3.05) is 32.2 Å². The highest BCUT2D eigenvalue weighted by molar-refractivity contribution is 5.85. The van der Waals surface area contributed by atoms with E-state index in [1.807, 2.05) is 11.8 Å². The molecule has 0 amide bonds. The van der Waals surface area contributed by atoms with Crippen LogP contribution in [0.3, 0.4) is 0 Å². The van der Waals surface area contributed by atoms with Crippen LogP contribution in [0.25, 0.3) is 0 Å². The molecule has 1 saturated heterocycles. The molecule has 0 radical (unpaired) electrons. The third-order valence-corrected chi connectivity index (χ3v) is 3.65. The Balaban J connectivity index is 2.25. The molecule has 2 rings (SSSR count). The highest BCUT2D eigenvalue weighted by atomic mass is 16.5. The molecule has 0 saturated carbocycles. The van der Waals surface area contributed by atoms with Crippen LogP contribution >= 0.6 is 0 Å². The minimum absolute atomic E-state index is 0.0293. The topological polar surface area (TPSA) is 81.6 Å². The monoisotopic (exact) mass is 293 g/mol. The summed E-state index contributed by atoms with van der Waals surface area (Å²) in [5.74, 6) is -0.162. The molecule has 2 atom stereocenters. The maximum absolute atomic E-state index is 11.7. The summed E-state index contributed by atoms with van der Waals surface area (Å²) in [5.41, 5.74) is 0.676. The molecule has 0 N–H and O–H groups in total. The number of ether oxygens (including phenoxy) is 2. The Morgan fingerprint density at radius 1 is 1.24 bits per heavy atom. The van der Waals surface area contributed by atoms with Crippen molar-refractivity contribution >= 4 is 17.8 Å². The number of nitrogens with zero attached hydrogens (tertiary/aromatic N) is 3. The van der Waals surface area contributed by atoms with E-state index in [2.05, 4.69) is 14.7 Å². The lowest BCUT2D eigenvalue weighted by molar-refractivity contribution is -0.145. The van der Waals surface area contributed by atoms with Gasteiger partial charge in [0.25, 0.3) is 0 Å². The molecule has 1 fully saturated rings. The third-order valence-electron chi connectivity index (χ3n) is 3.65. The molecule has 0 aliphatic carbocycles. The van der Waals surface area contributed by atoms with Crippen molar-refractivity contribution in [3.05, 3.63) is 17.6 Å². The number of aromatic nitrogens is 2. The standard InChI is InChI=1S/C14H19N3O4/c1-8-6-17(7-10(8)13(18)20-3)11-5-9(2)15-12(16-11)14(19)21-4/h5,8,10H,6-7H2,1-4H3. The van der Waals surface area contributed by atoms with Crippen LogP contribution in [0.15, 0.2) is 6.07 Å². The third kappa shape index (κ3) is 3.12. The van der Waals surface area contributed by atoms with Gasteiger partial charge in [0, 0.05) is 24.8 Å². The highest BCUT2D eigenvalue weighted by Crippen LogP contribution is 2.28. The summed E-state index contributed by atoms with van der Waals surface area (Å²) in [6.45, 7) is 4.98. The first-order valence-corrected chi connectivity index (χ1v) is 6.73. The maximum atomic E-state index is 11.7. The fourth-order valence-electron chi connectivity index (χ4n) is 2.51. The molecule has 1 aromatic heterocycles. The number of hydrogen-bond acceptors (Lipinski definition) is 7. The average Bonchev–Trinajstić information content (AvgIpc) is 2.87. The lowest BCUT2D eigenvalue weighted by atomic mass is 9.99. The second kappa shape index (κ2) is 6.07. The minimum Gasteiger partial charge on any atom is -0.469 e. The van der Waals surface area contributed by atoms with Gasteiger partial charge in [0.2, 0.25) is 5.82 Å². The van der Waals surface area contributed by atoms with Gasteiger partial charge in [-0.2, -0.15) is 0 Å². The number of esters is 2. The average molecular weight is 293 g/mol. The number of carbonyl (C=O) groups excluding carboxylic acids is 2. The van der Waals surface area contributed by atoms with Crippen LogP contribution in [0.5, 0.6) is 0 Å². The van der Waals surface area contributed by atoms with Gasteiger partial charge < -0.3 is 14.4 Å². The maximum Gasteiger partial charge on any atom is 0.376 e. The van der Waals surface area contributed by atoms with Gasteiger partial charge in [-0.1, -0.05) is 6.92 Å². The minimum atomic E-state index is -0.572. The lowest BCUT2D eigenvalue weighted by Crippen LogP contribution is -2.25. The second-order valence-corrected chi connectivity index (χ2v) is 5.19. The van der Waals surface area contributed by atoms with E-state index in [0.29, 0.717) is 24.6 Å². The number of rotatable bonds is 3. The summed E-state index contributed by atoms with van der Waals surface area (Å²) in [6.07, 6.45) is 0. The molecule has 2 heterocycles. The summed E-state index contributed by atoms with van der Waals surface area (Å²) >= 11 is 0. The zero-order valence-corrected chi connectivity index (χ0v) is 12.6. The van der Waals surface area contributed by atoms with E-state index in [0.717, 1.165) is 0 Å². The van der Waals surface area contributed by atoms with Gasteiger partial charge in [-0.3, -0.25) is 4.79 Å². The van der Waals surface area contributed by atoms with Crippen LogP contribution in [0.4, 0.5) is 5.82 Å². The number of methoxy groups -OCH3 is 2. The van der Waals surface area contributed by atoms with Gasteiger partial charge in [0.1, 0.15) is 5.82 Å². The van der Waals surface area contributed by atoms with E-state index < -0.39 is 5.97 Å². The first-order valence-electron chi connectivity index (χ1n) is 6.73. The Morgan fingerprint density at radius 3 is 2.57 bits per heavy atom. The van der Waals surface area contributed by atoms with Crippen molar-refractivity contribution in [1.82, 2.24) is 9.97 Å². The number of anilines is 1. The Kier molecular flexibility index (Phi) is 4.40. The SMILES string of the molecule is COC(=O)c1nc(C)cc(N2CC(C)C(C(=O)OC)C2)n1. The largest absolute Gasteiger partial charge is 0.469 e. The van der Waals surface area contributed by atoms with E-state index in [4.69, 9.17) is 4.74 Å². The van der Waals surface area contributed by atoms with E-state index in [9.17, 15) is 9.59 Å². The normalized spacial score (nSPS) is 21.2. The molecule has 1 aliphatic rings. The predicted molar refractivity (Wildman–Crippen MR) is 75.0 cm³/mol. The molecule has 114 valence electrons. The summed E-state index contributed by atoms with van der Waals surface area (Å²) < 4.78 is 9.47. The van der Waals surface area contributed by atoms with Crippen molar-refractivity contribution in [2.45, 2.75) is 13.8 Å². The Hall–Kier alpha value is -2.18. The van der Waals surface area contributed by atoms with Crippen LogP contribution in [0.1, 0.15) is 23.2 Å². The van der Waals surface area contributed by atoms with Gasteiger partial charge in [-0.15, -0.1) is 0 Å². The van der Waals surface area contributed by atoms with Gasteiger partial charge in [0.05, 0.1) is 20.1 Å². The van der Waals surface area contributed by atoms with E-state index >= 15 is 0 Å². The molecule has 7 nitrogen and oxygen atoms in total. The van der Waals surface area contributed by atoms with Crippen molar-refractivity contribution in [3.63, 3.8) is 0 Å². The molecule has 0 bridgehead atoms. The molecule has 0 aromatic carbocycles. The van der Waals surface area contributed by atoms with Crippen LogP contribution in [-0.4, -0.2) is 49.2 Å². The molecule has 0 spiro atoms. The zero-order valence-electron chi connectivity index (χ0n) is 12.6. The number of hydrogen-bond donors (Lipinski definition) is 0. The van der Waals surface area contributed by atoms with Gasteiger partial charge >= 0.3 is 11.9 Å². The summed E-state index contributed by atoms with van der Waals surface area (Å²) in [4.78, 5) is 33.6. The molecular formula is C14H19N3O4. The van der Waals surface area contributed by atoms with Crippen LogP contribution in [-0.2, 0) is 14.3 Å². The van der Waals surface area contributed by atoms with E-state index in [1.165, 1.54) is 14.2 Å². The molecule has 7 heteroatoms. The first kappa shape index (κ1) is 15.2. The van der Waals surface area contributed by atoms with Crippen LogP contribution < -0.4 is 4.90 Å². The van der Waals surface area contributed by atoms with Crippen molar-refractivity contribution < 1.29 is 19.1 Å². The molecule has 1 aromatic rings. The molecule has 1 aliphatic heterocycles. The summed E-state index contributed by atoms with van der Waals surface area (Å²) in [5, 5.41) is 0. The van der Waals surface area contributed by atoms with Crippen molar-refractivity contribution in [3.8, 4) is 0 Å². The predicted octanol–water partition coefficient (Wildman–Crippen LogP) is 0.817. The fourth-order valence-corrected chi connectivity index (χ4v) is 2.51. The highest BCUT2D eigenvalue weighted by Gasteiger charge is 2.36. The first-order chi connectivity index (χ1) is 9.96.